The summed E-state index contributed by atoms with van der Waals surface area (Å²) in [6.07, 6.45) is 0. The monoisotopic (exact) mass is 500 g/mol. The second-order valence-electron chi connectivity index (χ2n) is 5.58. The van der Waals surface area contributed by atoms with E-state index in [2.05, 4.69) is 32.1 Å². The van der Waals surface area contributed by atoms with Crippen LogP contribution in [0.3, 0.4) is 0 Å². The van der Waals surface area contributed by atoms with Crippen molar-refractivity contribution >= 4 is 62.4 Å². The first kappa shape index (κ1) is 22.5. The van der Waals surface area contributed by atoms with Crippen molar-refractivity contribution in [3.63, 3.8) is 0 Å². The molecule has 9 nitrogen and oxygen atoms in total. The number of nitro groups is 1. The van der Waals surface area contributed by atoms with Crippen LogP contribution in [-0.4, -0.2) is 28.5 Å². The Morgan fingerprint density at radius 3 is 2.62 bits per heavy atom. The number of rotatable bonds is 5. The molecule has 0 saturated carbocycles. The van der Waals surface area contributed by atoms with Gasteiger partial charge in [0.25, 0.3) is 17.5 Å². The fourth-order valence-electron chi connectivity index (χ4n) is 2.09. The van der Waals surface area contributed by atoms with Crippen molar-refractivity contribution in [1.82, 2.24) is 16.2 Å². The molecular formula is C17H14BrClN4O5S. The van der Waals surface area contributed by atoms with Gasteiger partial charge in [0.1, 0.15) is 10.8 Å². The molecule has 0 fully saturated rings. The lowest BCUT2D eigenvalue weighted by Crippen LogP contribution is -2.49. The lowest BCUT2D eigenvalue weighted by molar-refractivity contribution is -0.384. The third kappa shape index (κ3) is 6.66. The highest BCUT2D eigenvalue weighted by Gasteiger charge is 2.16. The molecular weight excluding hydrogens is 488 g/mol. The van der Waals surface area contributed by atoms with Gasteiger partial charge in [-0.2, -0.15) is 0 Å². The van der Waals surface area contributed by atoms with E-state index >= 15 is 0 Å². The van der Waals surface area contributed by atoms with Crippen LogP contribution in [0.4, 0.5) is 5.69 Å². The maximum absolute atomic E-state index is 12.1. The molecule has 2 amide bonds. The highest BCUT2D eigenvalue weighted by Crippen LogP contribution is 2.25. The van der Waals surface area contributed by atoms with Crippen molar-refractivity contribution in [3.05, 3.63) is 67.1 Å². The van der Waals surface area contributed by atoms with Gasteiger partial charge in [0.15, 0.2) is 11.7 Å². The number of amides is 2. The molecule has 0 aliphatic heterocycles. The van der Waals surface area contributed by atoms with Crippen LogP contribution in [0.5, 0.6) is 5.75 Å². The molecule has 0 bridgehead atoms. The predicted molar refractivity (Wildman–Crippen MR) is 114 cm³/mol. The first-order valence-electron chi connectivity index (χ1n) is 7.90. The van der Waals surface area contributed by atoms with Crippen LogP contribution in [0, 0.1) is 17.0 Å². The molecule has 0 radical (unpaired) electrons. The molecule has 3 N–H and O–H groups in total. The average Bonchev–Trinajstić information content (AvgIpc) is 2.65. The number of ether oxygens (including phenoxy) is 1. The number of carbonyl (C=O) groups excluding carboxylic acids is 2. The van der Waals surface area contributed by atoms with Crippen molar-refractivity contribution in [2.24, 2.45) is 0 Å². The van der Waals surface area contributed by atoms with Crippen LogP contribution >= 0.6 is 39.7 Å². The van der Waals surface area contributed by atoms with Gasteiger partial charge in [0, 0.05) is 16.1 Å². The minimum atomic E-state index is -0.705. The molecule has 12 heteroatoms. The summed E-state index contributed by atoms with van der Waals surface area (Å²) in [5.41, 5.74) is 4.97. The quantitative estimate of drug-likeness (QED) is 0.327. The Bertz CT molecular complexity index is 988. The zero-order valence-corrected chi connectivity index (χ0v) is 18.0. The zero-order valence-electron chi connectivity index (χ0n) is 14.8. The van der Waals surface area contributed by atoms with E-state index in [1.807, 2.05) is 13.0 Å². The largest absolute Gasteiger partial charge is 0.483 e. The van der Waals surface area contributed by atoms with Gasteiger partial charge >= 0.3 is 0 Å². The van der Waals surface area contributed by atoms with Crippen LogP contribution in [0.1, 0.15) is 15.9 Å². The van der Waals surface area contributed by atoms with E-state index < -0.39 is 22.4 Å². The molecule has 0 heterocycles. The minimum absolute atomic E-state index is 0.0169. The SMILES string of the molecule is Cc1cc(Br)ccc1OCC(=O)NC(=S)NNC(=O)c1ccc(Cl)c([N+](=O)[O-])c1. The standard InChI is InChI=1S/C17H14BrClN4O5S/c1-9-6-11(18)3-5-14(9)28-8-15(24)20-17(29)22-21-16(25)10-2-4-12(19)13(7-10)23(26)27/h2-7H,8H2,1H3,(H,21,25)(H2,20,22,24,29). The van der Waals surface area contributed by atoms with Gasteiger partial charge in [0.2, 0.25) is 0 Å². The summed E-state index contributed by atoms with van der Waals surface area (Å²) in [5.74, 6) is -0.704. The maximum Gasteiger partial charge on any atom is 0.288 e. The highest BCUT2D eigenvalue weighted by molar-refractivity contribution is 9.10. The summed E-state index contributed by atoms with van der Waals surface area (Å²) < 4.78 is 6.30. The van der Waals surface area contributed by atoms with Gasteiger partial charge in [-0.25, -0.2) is 0 Å². The summed E-state index contributed by atoms with van der Waals surface area (Å²) in [5, 5.41) is 12.9. The molecule has 0 aliphatic carbocycles. The number of nitrogens with one attached hydrogen (secondary N) is 3. The minimum Gasteiger partial charge on any atom is -0.483 e. The van der Waals surface area contributed by atoms with E-state index in [0.29, 0.717) is 5.75 Å². The molecule has 2 aromatic rings. The van der Waals surface area contributed by atoms with Crippen LogP contribution in [-0.2, 0) is 4.79 Å². The maximum atomic E-state index is 12.1. The number of halogens is 2. The number of hydrogen-bond donors (Lipinski definition) is 3. The molecule has 0 aliphatic rings. The molecule has 0 aromatic heterocycles. The first-order valence-corrected chi connectivity index (χ1v) is 9.48. The van der Waals surface area contributed by atoms with Crippen molar-refractivity contribution in [3.8, 4) is 5.75 Å². The average molecular weight is 502 g/mol. The van der Waals surface area contributed by atoms with Crippen molar-refractivity contribution in [1.29, 1.82) is 0 Å². The lowest BCUT2D eigenvalue weighted by Gasteiger charge is -2.12. The lowest BCUT2D eigenvalue weighted by atomic mass is 10.2. The Morgan fingerprint density at radius 2 is 1.97 bits per heavy atom. The Morgan fingerprint density at radius 1 is 1.24 bits per heavy atom. The molecule has 0 spiro atoms. The van der Waals surface area contributed by atoms with Gasteiger partial charge < -0.3 is 4.74 Å². The summed E-state index contributed by atoms with van der Waals surface area (Å²) in [6, 6.07) is 8.90. The molecule has 0 unspecified atom stereocenters. The predicted octanol–water partition coefficient (Wildman–Crippen LogP) is 3.03. The Labute approximate surface area is 184 Å². The van der Waals surface area contributed by atoms with Gasteiger partial charge in [-0.15, -0.1) is 0 Å². The van der Waals surface area contributed by atoms with Gasteiger partial charge in [0.05, 0.1) is 4.92 Å². The summed E-state index contributed by atoms with van der Waals surface area (Å²) in [4.78, 5) is 34.1. The van der Waals surface area contributed by atoms with E-state index in [-0.39, 0.29) is 22.3 Å². The fourth-order valence-corrected chi connectivity index (χ4v) is 2.92. The Kier molecular flexibility index (Phi) is 7.88. The second-order valence-corrected chi connectivity index (χ2v) is 7.31. The topological polar surface area (TPSA) is 123 Å². The number of benzene rings is 2. The third-order valence-electron chi connectivity index (χ3n) is 3.44. The van der Waals surface area contributed by atoms with Crippen LogP contribution < -0.4 is 20.9 Å². The van der Waals surface area contributed by atoms with Gasteiger partial charge in [-0.1, -0.05) is 27.5 Å². The number of hydrogen-bond acceptors (Lipinski definition) is 6. The van der Waals surface area contributed by atoms with E-state index in [4.69, 9.17) is 28.6 Å². The molecule has 0 atom stereocenters. The van der Waals surface area contributed by atoms with Crippen molar-refractivity contribution in [2.45, 2.75) is 6.92 Å². The van der Waals surface area contributed by atoms with Crippen molar-refractivity contribution in [2.75, 3.05) is 6.61 Å². The number of hydrazine groups is 1. The van der Waals surface area contributed by atoms with Gasteiger partial charge in [-0.3, -0.25) is 35.9 Å². The Hall–Kier alpha value is -2.76. The number of aryl methyl sites for hydroxylation is 1. The van der Waals surface area contributed by atoms with Crippen molar-refractivity contribution < 1.29 is 19.2 Å². The number of carbonyl (C=O) groups is 2. The fraction of sp³-hybridized carbons (Fsp3) is 0.118. The smallest absolute Gasteiger partial charge is 0.288 e. The molecule has 29 heavy (non-hydrogen) atoms. The van der Waals surface area contributed by atoms with Crippen LogP contribution in [0.25, 0.3) is 0 Å². The third-order valence-corrected chi connectivity index (χ3v) is 4.46. The number of nitrogens with zero attached hydrogens (tertiary/aromatic N) is 1. The highest BCUT2D eigenvalue weighted by atomic mass is 79.9. The summed E-state index contributed by atoms with van der Waals surface area (Å²) >= 11 is 13.9. The van der Waals surface area contributed by atoms with Crippen LogP contribution in [0.2, 0.25) is 5.02 Å². The van der Waals surface area contributed by atoms with E-state index in [0.717, 1.165) is 16.1 Å². The zero-order chi connectivity index (χ0) is 21.6. The molecule has 0 saturated heterocycles. The summed E-state index contributed by atoms with van der Waals surface area (Å²) in [7, 11) is 0. The molecule has 152 valence electrons. The van der Waals surface area contributed by atoms with Gasteiger partial charge in [-0.05, 0) is 55.0 Å². The Balaban J connectivity index is 1.83. The second kappa shape index (κ2) is 10.1. The molecule has 2 aromatic carbocycles. The summed E-state index contributed by atoms with van der Waals surface area (Å²) in [6.45, 7) is 1.54. The number of nitro benzene ring substituents is 1. The first-order chi connectivity index (χ1) is 13.7. The molecule has 2 rings (SSSR count). The normalized spacial score (nSPS) is 10.0. The van der Waals surface area contributed by atoms with Crippen LogP contribution in [0.15, 0.2) is 40.9 Å². The number of thiocarbonyl (C=S) groups is 1. The van der Waals surface area contributed by atoms with E-state index in [1.54, 1.807) is 12.1 Å². The van der Waals surface area contributed by atoms with E-state index in [1.165, 1.54) is 12.1 Å². The van der Waals surface area contributed by atoms with E-state index in [9.17, 15) is 19.7 Å².